The van der Waals surface area contributed by atoms with Crippen molar-refractivity contribution in [1.82, 2.24) is 29.4 Å². The van der Waals surface area contributed by atoms with Gasteiger partial charge in [0.15, 0.2) is 5.82 Å². The van der Waals surface area contributed by atoms with Gasteiger partial charge in [0.2, 0.25) is 5.88 Å². The Kier molecular flexibility index (Phi) is 8.48. The standard InChI is InChI=1S/C17H18FN5O2.C8H17NO/c1-22-10-11(8-20-22)16-13-3-5-25-6-4-15(13)23(21-16)12-7-14(18)17(24-2)19-9-12;1-3-4-8-7-9(2)5-6-10-8/h7-10H,3-6H2,1-2H3;8H,3-7H2,1-2H3. The first kappa shape index (κ1) is 25.3. The van der Waals surface area contributed by atoms with Crippen LogP contribution >= 0.6 is 0 Å². The molecule has 190 valence electrons. The highest BCUT2D eigenvalue weighted by Gasteiger charge is 2.23. The number of rotatable bonds is 5. The van der Waals surface area contributed by atoms with E-state index in [9.17, 15) is 4.39 Å². The lowest BCUT2D eigenvalue weighted by atomic mass is 10.1. The molecule has 2 aliphatic rings. The predicted molar refractivity (Wildman–Crippen MR) is 130 cm³/mol. The summed E-state index contributed by atoms with van der Waals surface area (Å²) in [5, 5.41) is 8.98. The van der Waals surface area contributed by atoms with Crippen LogP contribution in [0.1, 0.15) is 31.0 Å². The Bertz CT molecular complexity index is 1110. The summed E-state index contributed by atoms with van der Waals surface area (Å²) in [6.45, 7) is 6.59. The smallest absolute Gasteiger partial charge is 0.250 e. The van der Waals surface area contributed by atoms with Crippen LogP contribution in [0.2, 0.25) is 0 Å². The molecular formula is C25H35FN6O3. The van der Waals surface area contributed by atoms with Crippen molar-refractivity contribution in [2.24, 2.45) is 7.05 Å². The van der Waals surface area contributed by atoms with E-state index in [0.717, 1.165) is 48.6 Å². The highest BCUT2D eigenvalue weighted by atomic mass is 19.1. The Morgan fingerprint density at radius 1 is 1.17 bits per heavy atom. The van der Waals surface area contributed by atoms with Gasteiger partial charge in [0.25, 0.3) is 0 Å². The van der Waals surface area contributed by atoms with Crippen molar-refractivity contribution in [2.75, 3.05) is 47.1 Å². The van der Waals surface area contributed by atoms with Crippen molar-refractivity contribution >= 4 is 0 Å². The van der Waals surface area contributed by atoms with Crippen molar-refractivity contribution in [2.45, 2.75) is 38.7 Å². The lowest BCUT2D eigenvalue weighted by molar-refractivity contribution is -0.0234. The maximum absolute atomic E-state index is 14.1. The van der Waals surface area contributed by atoms with Crippen molar-refractivity contribution in [3.05, 3.63) is 41.7 Å². The molecule has 1 unspecified atom stereocenters. The number of pyridine rings is 1. The molecule has 2 aliphatic heterocycles. The number of morpholine rings is 1. The number of hydrogen-bond acceptors (Lipinski definition) is 7. The number of hydrogen-bond donors (Lipinski definition) is 0. The van der Waals surface area contributed by atoms with E-state index in [2.05, 4.69) is 29.0 Å². The molecule has 0 N–H and O–H groups in total. The van der Waals surface area contributed by atoms with Crippen molar-refractivity contribution in [3.8, 4) is 22.8 Å². The summed E-state index contributed by atoms with van der Waals surface area (Å²) in [6.07, 6.45) is 9.68. The molecule has 9 nitrogen and oxygen atoms in total. The van der Waals surface area contributed by atoms with E-state index in [1.54, 1.807) is 21.8 Å². The van der Waals surface area contributed by atoms with Crippen LogP contribution < -0.4 is 4.74 Å². The normalized spacial score (nSPS) is 18.4. The number of halogens is 1. The van der Waals surface area contributed by atoms with Gasteiger partial charge in [0.1, 0.15) is 0 Å². The second kappa shape index (κ2) is 11.7. The van der Waals surface area contributed by atoms with E-state index < -0.39 is 5.82 Å². The third kappa shape index (κ3) is 6.06. The van der Waals surface area contributed by atoms with Gasteiger partial charge in [-0.15, -0.1) is 0 Å². The number of likely N-dealkylation sites (N-methyl/N-ethyl adjacent to an activating group) is 1. The molecule has 0 saturated carbocycles. The van der Waals surface area contributed by atoms with Gasteiger partial charge in [-0.1, -0.05) is 13.3 Å². The maximum atomic E-state index is 14.1. The molecule has 1 fully saturated rings. The van der Waals surface area contributed by atoms with Crippen LogP contribution in [0.4, 0.5) is 4.39 Å². The highest BCUT2D eigenvalue weighted by Crippen LogP contribution is 2.30. The van der Waals surface area contributed by atoms with Crippen LogP contribution in [0.3, 0.4) is 0 Å². The fraction of sp³-hybridized carbons (Fsp3) is 0.560. The van der Waals surface area contributed by atoms with Gasteiger partial charge >= 0.3 is 0 Å². The van der Waals surface area contributed by atoms with Crippen LogP contribution in [0.5, 0.6) is 5.88 Å². The zero-order chi connectivity index (χ0) is 24.8. The van der Waals surface area contributed by atoms with E-state index in [1.807, 2.05) is 13.2 Å². The predicted octanol–water partition coefficient (Wildman–Crippen LogP) is 3.05. The second-order valence-corrected chi connectivity index (χ2v) is 8.93. The van der Waals surface area contributed by atoms with Gasteiger partial charge in [-0.25, -0.2) is 14.1 Å². The van der Waals surface area contributed by atoms with Gasteiger partial charge < -0.3 is 19.1 Å². The van der Waals surface area contributed by atoms with Gasteiger partial charge in [-0.05, 0) is 19.9 Å². The molecule has 1 atom stereocenters. The van der Waals surface area contributed by atoms with E-state index in [4.69, 9.17) is 19.3 Å². The Morgan fingerprint density at radius 3 is 2.69 bits per heavy atom. The number of aryl methyl sites for hydroxylation is 1. The largest absolute Gasteiger partial charge is 0.479 e. The number of ether oxygens (including phenoxy) is 3. The first-order chi connectivity index (χ1) is 17.0. The van der Waals surface area contributed by atoms with Crippen LogP contribution in [0.25, 0.3) is 16.9 Å². The molecule has 5 heterocycles. The molecule has 0 aliphatic carbocycles. The number of aromatic nitrogens is 5. The van der Waals surface area contributed by atoms with E-state index in [-0.39, 0.29) is 5.88 Å². The summed E-state index contributed by atoms with van der Waals surface area (Å²) in [5.74, 6) is -0.546. The number of nitrogens with zero attached hydrogens (tertiary/aromatic N) is 6. The number of methoxy groups -OCH3 is 1. The lowest BCUT2D eigenvalue weighted by Crippen LogP contribution is -2.39. The Labute approximate surface area is 205 Å². The molecule has 0 radical (unpaired) electrons. The van der Waals surface area contributed by atoms with Crippen LogP contribution in [-0.4, -0.2) is 82.6 Å². The molecule has 0 bridgehead atoms. The third-order valence-corrected chi connectivity index (χ3v) is 6.23. The molecule has 0 amide bonds. The molecule has 3 aromatic rings. The van der Waals surface area contributed by atoms with E-state index >= 15 is 0 Å². The quantitative estimate of drug-likeness (QED) is 0.548. The van der Waals surface area contributed by atoms with E-state index in [0.29, 0.717) is 31.4 Å². The van der Waals surface area contributed by atoms with Crippen molar-refractivity contribution < 1.29 is 18.6 Å². The summed E-state index contributed by atoms with van der Waals surface area (Å²) in [6, 6.07) is 1.39. The lowest BCUT2D eigenvalue weighted by Gasteiger charge is -2.29. The fourth-order valence-corrected chi connectivity index (χ4v) is 4.48. The minimum atomic E-state index is -0.517. The molecular weight excluding hydrogens is 451 g/mol. The first-order valence-electron chi connectivity index (χ1n) is 12.2. The molecule has 10 heteroatoms. The average Bonchev–Trinajstić information content (AvgIpc) is 3.34. The summed E-state index contributed by atoms with van der Waals surface area (Å²) in [4.78, 5) is 6.36. The Hall–Kier alpha value is -2.82. The molecule has 3 aromatic heterocycles. The summed E-state index contributed by atoms with van der Waals surface area (Å²) >= 11 is 0. The minimum absolute atomic E-state index is 0.0298. The van der Waals surface area contributed by atoms with Gasteiger partial charge in [0.05, 0.1) is 62.5 Å². The van der Waals surface area contributed by atoms with Crippen LogP contribution in [-0.2, 0) is 29.4 Å². The Balaban J connectivity index is 0.000000243. The average molecular weight is 487 g/mol. The van der Waals surface area contributed by atoms with Crippen LogP contribution in [0.15, 0.2) is 24.7 Å². The zero-order valence-electron chi connectivity index (χ0n) is 21.0. The summed E-state index contributed by atoms with van der Waals surface area (Å²) in [7, 11) is 5.42. The van der Waals surface area contributed by atoms with E-state index in [1.165, 1.54) is 26.0 Å². The second-order valence-electron chi connectivity index (χ2n) is 8.93. The third-order valence-electron chi connectivity index (χ3n) is 6.23. The summed E-state index contributed by atoms with van der Waals surface area (Å²) < 4.78 is 33.7. The monoisotopic (exact) mass is 486 g/mol. The number of fused-ring (bicyclic) bond motifs is 1. The zero-order valence-corrected chi connectivity index (χ0v) is 21.0. The van der Waals surface area contributed by atoms with Crippen LogP contribution in [0, 0.1) is 5.82 Å². The molecule has 5 rings (SSSR count). The molecule has 1 saturated heterocycles. The Morgan fingerprint density at radius 2 is 2.00 bits per heavy atom. The topological polar surface area (TPSA) is 79.5 Å². The fourth-order valence-electron chi connectivity index (χ4n) is 4.48. The highest BCUT2D eigenvalue weighted by molar-refractivity contribution is 5.64. The first-order valence-corrected chi connectivity index (χ1v) is 12.2. The molecule has 0 spiro atoms. The molecule has 35 heavy (non-hydrogen) atoms. The SMILES string of the molecule is CCCC1CN(C)CCO1.COc1ncc(-n2nc(-c3cnn(C)c3)c3c2CCOCC3)cc1F. The van der Waals surface area contributed by atoms with Crippen molar-refractivity contribution in [3.63, 3.8) is 0 Å². The van der Waals surface area contributed by atoms with Gasteiger partial charge in [-0.3, -0.25) is 4.68 Å². The summed E-state index contributed by atoms with van der Waals surface area (Å²) in [5.41, 5.74) is 4.47. The van der Waals surface area contributed by atoms with Gasteiger partial charge in [-0.2, -0.15) is 10.2 Å². The van der Waals surface area contributed by atoms with Crippen molar-refractivity contribution in [1.29, 1.82) is 0 Å². The van der Waals surface area contributed by atoms with Gasteiger partial charge in [0, 0.05) is 49.9 Å². The minimum Gasteiger partial charge on any atom is -0.479 e. The maximum Gasteiger partial charge on any atom is 0.250 e. The molecule has 0 aromatic carbocycles.